The second kappa shape index (κ2) is 7.78. The molecule has 2 rings (SSSR count). The molecule has 1 heterocycles. The zero-order valence-corrected chi connectivity index (χ0v) is 13.2. The van der Waals surface area contributed by atoms with E-state index in [-0.39, 0.29) is 6.54 Å². The van der Waals surface area contributed by atoms with Gasteiger partial charge in [-0.25, -0.2) is 4.68 Å². The van der Waals surface area contributed by atoms with Crippen molar-refractivity contribution in [3.8, 4) is 11.3 Å². The van der Waals surface area contributed by atoms with E-state index in [9.17, 15) is 22.8 Å². The smallest absolute Gasteiger partial charge is 0.328 e. The van der Waals surface area contributed by atoms with Crippen molar-refractivity contribution in [2.75, 3.05) is 13.1 Å². The van der Waals surface area contributed by atoms with Gasteiger partial charge in [0.2, 0.25) is 5.91 Å². The number of carbonyl (C=O) groups is 1. The lowest BCUT2D eigenvalue weighted by Crippen LogP contribution is -2.42. The van der Waals surface area contributed by atoms with Gasteiger partial charge in [-0.05, 0) is 6.07 Å². The van der Waals surface area contributed by atoms with Gasteiger partial charge < -0.3 is 4.90 Å². The van der Waals surface area contributed by atoms with Crippen molar-refractivity contribution in [3.63, 3.8) is 0 Å². The monoisotopic (exact) mass is 351 g/mol. The molecule has 0 N–H and O–H groups in total. The van der Waals surface area contributed by atoms with E-state index >= 15 is 0 Å². The van der Waals surface area contributed by atoms with E-state index in [4.69, 9.17) is 0 Å². The first kappa shape index (κ1) is 18.4. The molecule has 0 saturated carbocycles. The molecule has 1 amide bonds. The van der Waals surface area contributed by atoms with Gasteiger partial charge in [-0.1, -0.05) is 36.4 Å². The number of halogens is 3. The summed E-state index contributed by atoms with van der Waals surface area (Å²) in [5.41, 5.74) is 0.597. The molecule has 0 fully saturated rings. The van der Waals surface area contributed by atoms with Crippen LogP contribution in [0, 0.1) is 0 Å². The first-order valence-corrected chi connectivity index (χ1v) is 7.39. The van der Waals surface area contributed by atoms with Gasteiger partial charge in [0.05, 0.1) is 5.69 Å². The number of nitrogens with zero attached hydrogens (tertiary/aromatic N) is 3. The van der Waals surface area contributed by atoms with Gasteiger partial charge in [0, 0.05) is 18.2 Å². The van der Waals surface area contributed by atoms with Crippen molar-refractivity contribution in [2.45, 2.75) is 12.7 Å². The molecule has 0 spiro atoms. The Morgan fingerprint density at radius 1 is 1.20 bits per heavy atom. The highest BCUT2D eigenvalue weighted by Crippen LogP contribution is 2.17. The highest BCUT2D eigenvalue weighted by molar-refractivity contribution is 5.76. The number of amides is 1. The highest BCUT2D eigenvalue weighted by atomic mass is 19.4. The van der Waals surface area contributed by atoms with Crippen LogP contribution in [0.15, 0.2) is 59.9 Å². The second-order valence-corrected chi connectivity index (χ2v) is 5.26. The Morgan fingerprint density at radius 3 is 2.48 bits per heavy atom. The van der Waals surface area contributed by atoms with Gasteiger partial charge in [0.25, 0.3) is 5.56 Å². The van der Waals surface area contributed by atoms with Crippen molar-refractivity contribution in [1.29, 1.82) is 0 Å². The Morgan fingerprint density at radius 2 is 1.88 bits per heavy atom. The molecule has 5 nitrogen and oxygen atoms in total. The zero-order valence-electron chi connectivity index (χ0n) is 13.2. The van der Waals surface area contributed by atoms with Crippen LogP contribution >= 0.6 is 0 Å². The molecule has 1 aromatic heterocycles. The molecule has 0 aliphatic rings. The van der Waals surface area contributed by atoms with E-state index in [0.717, 1.165) is 10.2 Å². The van der Waals surface area contributed by atoms with Crippen molar-refractivity contribution >= 4 is 5.91 Å². The fourth-order valence-electron chi connectivity index (χ4n) is 2.18. The van der Waals surface area contributed by atoms with Gasteiger partial charge >= 0.3 is 6.18 Å². The minimum Gasteiger partial charge on any atom is -0.328 e. The first-order chi connectivity index (χ1) is 11.8. The summed E-state index contributed by atoms with van der Waals surface area (Å²) in [5.74, 6) is -0.864. The SMILES string of the molecule is C=CCN(CC(F)(F)F)C(=O)Cn1nc(-c2ccccc2)ccc1=O. The molecule has 0 radical (unpaired) electrons. The lowest BCUT2D eigenvalue weighted by Gasteiger charge is -2.22. The normalized spacial score (nSPS) is 11.2. The van der Waals surface area contributed by atoms with E-state index in [1.807, 2.05) is 6.07 Å². The van der Waals surface area contributed by atoms with E-state index in [1.54, 1.807) is 24.3 Å². The Labute approximate surface area is 142 Å². The van der Waals surface area contributed by atoms with Gasteiger partial charge in [0.1, 0.15) is 13.1 Å². The van der Waals surface area contributed by atoms with Crippen LogP contribution in [0.1, 0.15) is 0 Å². The van der Waals surface area contributed by atoms with Gasteiger partial charge in [-0.2, -0.15) is 18.3 Å². The molecule has 25 heavy (non-hydrogen) atoms. The van der Waals surface area contributed by atoms with Crippen molar-refractivity contribution in [2.24, 2.45) is 0 Å². The molecule has 2 aromatic rings. The number of alkyl halides is 3. The van der Waals surface area contributed by atoms with Crippen LogP contribution in [-0.4, -0.2) is 39.9 Å². The number of hydrogen-bond acceptors (Lipinski definition) is 3. The van der Waals surface area contributed by atoms with Gasteiger partial charge in [-0.15, -0.1) is 6.58 Å². The molecule has 0 bridgehead atoms. The first-order valence-electron chi connectivity index (χ1n) is 7.39. The number of aromatic nitrogens is 2. The van der Waals surface area contributed by atoms with Gasteiger partial charge in [-0.3, -0.25) is 9.59 Å². The molecule has 0 saturated heterocycles. The number of benzene rings is 1. The standard InChI is InChI=1S/C17H16F3N3O2/c1-2-10-22(12-17(18,19)20)16(25)11-23-15(24)9-8-14(21-23)13-6-4-3-5-7-13/h2-9H,1,10-12H2. The fourth-order valence-corrected chi connectivity index (χ4v) is 2.18. The summed E-state index contributed by atoms with van der Waals surface area (Å²) >= 11 is 0. The molecule has 0 unspecified atom stereocenters. The Kier molecular flexibility index (Phi) is 5.74. The van der Waals surface area contributed by atoms with E-state index in [2.05, 4.69) is 11.7 Å². The van der Waals surface area contributed by atoms with Crippen LogP contribution in [0.5, 0.6) is 0 Å². The largest absolute Gasteiger partial charge is 0.406 e. The topological polar surface area (TPSA) is 55.2 Å². The predicted molar refractivity (Wildman–Crippen MR) is 86.8 cm³/mol. The molecule has 0 aliphatic heterocycles. The summed E-state index contributed by atoms with van der Waals surface area (Å²) < 4.78 is 38.6. The molecule has 1 aromatic carbocycles. The van der Waals surface area contributed by atoms with E-state index < -0.39 is 30.7 Å². The van der Waals surface area contributed by atoms with E-state index in [0.29, 0.717) is 10.6 Å². The summed E-state index contributed by atoms with van der Waals surface area (Å²) in [5, 5.41) is 4.07. The summed E-state index contributed by atoms with van der Waals surface area (Å²) in [6, 6.07) is 11.6. The minimum atomic E-state index is -4.54. The zero-order chi connectivity index (χ0) is 18.4. The summed E-state index contributed by atoms with van der Waals surface area (Å²) in [7, 11) is 0. The van der Waals surface area contributed by atoms with Crippen LogP contribution in [0.2, 0.25) is 0 Å². The summed E-state index contributed by atoms with van der Waals surface area (Å²) in [6.07, 6.45) is -3.34. The minimum absolute atomic E-state index is 0.272. The average molecular weight is 351 g/mol. The molecule has 132 valence electrons. The van der Waals surface area contributed by atoms with Gasteiger partial charge in [0.15, 0.2) is 0 Å². The lowest BCUT2D eigenvalue weighted by atomic mass is 10.1. The number of hydrogen-bond donors (Lipinski definition) is 0. The molecular weight excluding hydrogens is 335 g/mol. The summed E-state index contributed by atoms with van der Waals surface area (Å²) in [6.45, 7) is 1.08. The van der Waals surface area contributed by atoms with Crippen molar-refractivity contribution < 1.29 is 18.0 Å². The Hall–Kier alpha value is -2.90. The number of carbonyl (C=O) groups excluding carboxylic acids is 1. The van der Waals surface area contributed by atoms with Crippen LogP contribution in [0.3, 0.4) is 0 Å². The maximum Gasteiger partial charge on any atom is 0.406 e. The third kappa shape index (κ3) is 5.30. The van der Waals surface area contributed by atoms with Crippen molar-refractivity contribution in [1.82, 2.24) is 14.7 Å². The van der Waals surface area contributed by atoms with Crippen LogP contribution in [0.25, 0.3) is 11.3 Å². The maximum absolute atomic E-state index is 12.6. The third-order valence-corrected chi connectivity index (χ3v) is 3.29. The lowest BCUT2D eigenvalue weighted by molar-refractivity contribution is -0.160. The second-order valence-electron chi connectivity index (χ2n) is 5.26. The Bertz CT molecular complexity index is 801. The maximum atomic E-state index is 12.6. The summed E-state index contributed by atoms with van der Waals surface area (Å²) in [4.78, 5) is 24.6. The Balaban J connectivity index is 2.24. The average Bonchev–Trinajstić information content (AvgIpc) is 2.56. The van der Waals surface area contributed by atoms with Crippen LogP contribution in [0.4, 0.5) is 13.2 Å². The van der Waals surface area contributed by atoms with Crippen LogP contribution < -0.4 is 5.56 Å². The van der Waals surface area contributed by atoms with Crippen molar-refractivity contribution in [3.05, 3.63) is 65.5 Å². The quantitative estimate of drug-likeness (QED) is 0.752. The molecular formula is C17H16F3N3O2. The number of rotatable bonds is 6. The molecule has 0 aliphatic carbocycles. The van der Waals surface area contributed by atoms with Crippen LogP contribution in [-0.2, 0) is 11.3 Å². The fraction of sp³-hybridized carbons (Fsp3) is 0.235. The predicted octanol–water partition coefficient (Wildman–Crippen LogP) is 2.49. The third-order valence-electron chi connectivity index (χ3n) is 3.29. The molecule has 8 heteroatoms. The van der Waals surface area contributed by atoms with E-state index in [1.165, 1.54) is 18.2 Å². The molecule has 0 atom stereocenters. The highest BCUT2D eigenvalue weighted by Gasteiger charge is 2.32.